The topological polar surface area (TPSA) is 41.9 Å². The summed E-state index contributed by atoms with van der Waals surface area (Å²) in [6.07, 6.45) is 2.03. The number of anilines is 1. The molecule has 1 aromatic rings. The molecule has 114 valence electrons. The quantitative estimate of drug-likeness (QED) is 0.616. The molecular formula is C16H24N2O2Si. The van der Waals surface area contributed by atoms with Crippen LogP contribution in [-0.4, -0.2) is 26.5 Å². The van der Waals surface area contributed by atoms with E-state index in [1.807, 2.05) is 23.6 Å². The number of rotatable bonds is 5. The first-order chi connectivity index (χ1) is 9.91. The fourth-order valence-electron chi connectivity index (χ4n) is 2.70. The standard InChI is InChI=1S/C16H24N2O2Si/c1-6-9-12-10-8-11-13-14(17-20-7-2)16(19)18(15(12)13)21(3,4)5/h8,10-11H,6-7,9H2,1-5H3/b17-14-. The van der Waals surface area contributed by atoms with Crippen LogP contribution < -0.4 is 4.57 Å². The number of hydrogen-bond acceptors (Lipinski definition) is 3. The van der Waals surface area contributed by atoms with Crippen LogP contribution >= 0.6 is 0 Å². The molecule has 0 saturated carbocycles. The molecule has 21 heavy (non-hydrogen) atoms. The van der Waals surface area contributed by atoms with Crippen LogP contribution in [0.4, 0.5) is 5.69 Å². The molecule has 0 N–H and O–H groups in total. The molecule has 2 rings (SSSR count). The molecule has 1 heterocycles. The zero-order chi connectivity index (χ0) is 15.6. The van der Waals surface area contributed by atoms with E-state index in [2.05, 4.69) is 37.8 Å². The third kappa shape index (κ3) is 2.88. The smallest absolute Gasteiger partial charge is 0.273 e. The van der Waals surface area contributed by atoms with E-state index in [9.17, 15) is 4.79 Å². The van der Waals surface area contributed by atoms with Crippen LogP contribution in [-0.2, 0) is 16.1 Å². The van der Waals surface area contributed by atoms with Crippen molar-refractivity contribution in [2.24, 2.45) is 5.16 Å². The lowest BCUT2D eigenvalue weighted by Gasteiger charge is -2.31. The summed E-state index contributed by atoms with van der Waals surface area (Å²) in [5.41, 5.74) is 3.66. The van der Waals surface area contributed by atoms with Crippen molar-refractivity contribution >= 4 is 25.5 Å². The Morgan fingerprint density at radius 1 is 1.24 bits per heavy atom. The van der Waals surface area contributed by atoms with E-state index in [0.717, 1.165) is 24.1 Å². The van der Waals surface area contributed by atoms with Gasteiger partial charge in [0.15, 0.2) is 13.9 Å². The third-order valence-electron chi connectivity index (χ3n) is 3.48. The molecule has 1 amide bonds. The second-order valence-electron chi connectivity index (χ2n) is 6.23. The van der Waals surface area contributed by atoms with Crippen molar-refractivity contribution in [3.05, 3.63) is 29.3 Å². The number of aryl methyl sites for hydroxylation is 1. The Morgan fingerprint density at radius 2 is 1.95 bits per heavy atom. The minimum absolute atomic E-state index is 0.0128. The molecule has 0 aromatic heterocycles. The fourth-order valence-corrected chi connectivity index (χ4v) is 4.35. The van der Waals surface area contributed by atoms with Gasteiger partial charge in [-0.1, -0.05) is 56.3 Å². The van der Waals surface area contributed by atoms with Gasteiger partial charge in [0.05, 0.1) is 0 Å². The van der Waals surface area contributed by atoms with E-state index in [1.165, 1.54) is 5.56 Å². The van der Waals surface area contributed by atoms with Gasteiger partial charge < -0.3 is 9.40 Å². The fraction of sp³-hybridized carbons (Fsp3) is 0.500. The molecule has 5 heteroatoms. The molecule has 0 spiro atoms. The Morgan fingerprint density at radius 3 is 2.52 bits per heavy atom. The first-order valence-corrected chi connectivity index (χ1v) is 11.0. The largest absolute Gasteiger partial charge is 0.395 e. The normalized spacial score (nSPS) is 16.5. The number of nitrogens with zero attached hydrogens (tertiary/aromatic N) is 2. The van der Waals surface area contributed by atoms with Gasteiger partial charge in [0.1, 0.15) is 6.61 Å². The summed E-state index contributed by atoms with van der Waals surface area (Å²) < 4.78 is 1.99. The summed E-state index contributed by atoms with van der Waals surface area (Å²) in [4.78, 5) is 18.0. The van der Waals surface area contributed by atoms with Gasteiger partial charge in [0.2, 0.25) is 0 Å². The van der Waals surface area contributed by atoms with E-state index in [-0.39, 0.29) is 5.91 Å². The maximum absolute atomic E-state index is 12.8. The van der Waals surface area contributed by atoms with Crippen LogP contribution in [0.25, 0.3) is 0 Å². The first-order valence-electron chi connectivity index (χ1n) is 7.58. The molecule has 4 nitrogen and oxygen atoms in total. The number of hydrogen-bond donors (Lipinski definition) is 0. The number of carbonyl (C=O) groups excluding carboxylic acids is 1. The summed E-state index contributed by atoms with van der Waals surface area (Å²) >= 11 is 0. The van der Waals surface area contributed by atoms with Crippen LogP contribution in [0.1, 0.15) is 31.4 Å². The highest BCUT2D eigenvalue weighted by atomic mass is 28.3. The number of fused-ring (bicyclic) bond motifs is 1. The number of para-hydroxylation sites is 1. The van der Waals surface area contributed by atoms with Gasteiger partial charge in [-0.3, -0.25) is 4.79 Å². The average molecular weight is 304 g/mol. The van der Waals surface area contributed by atoms with Crippen LogP contribution in [0.2, 0.25) is 19.6 Å². The number of benzene rings is 1. The van der Waals surface area contributed by atoms with Crippen LogP contribution in [0.3, 0.4) is 0 Å². The van der Waals surface area contributed by atoms with Crippen molar-refractivity contribution < 1.29 is 9.63 Å². The molecular weight excluding hydrogens is 280 g/mol. The Hall–Kier alpha value is -1.62. The first kappa shape index (κ1) is 15.8. The molecule has 1 aliphatic rings. The zero-order valence-electron chi connectivity index (χ0n) is 13.6. The molecule has 1 aliphatic heterocycles. The number of carbonyl (C=O) groups is 1. The van der Waals surface area contributed by atoms with E-state index >= 15 is 0 Å². The number of oxime groups is 1. The van der Waals surface area contributed by atoms with Gasteiger partial charge in [-0.2, -0.15) is 0 Å². The van der Waals surface area contributed by atoms with E-state index in [0.29, 0.717) is 12.3 Å². The van der Waals surface area contributed by atoms with Crippen molar-refractivity contribution in [1.29, 1.82) is 0 Å². The molecule has 0 unspecified atom stereocenters. The van der Waals surface area contributed by atoms with Crippen molar-refractivity contribution in [2.45, 2.75) is 46.3 Å². The molecule has 1 aromatic carbocycles. The van der Waals surface area contributed by atoms with Gasteiger partial charge >= 0.3 is 0 Å². The minimum Gasteiger partial charge on any atom is -0.395 e. The Balaban J connectivity index is 2.63. The molecule has 0 aliphatic carbocycles. The maximum atomic E-state index is 12.8. The molecule has 0 radical (unpaired) electrons. The van der Waals surface area contributed by atoms with Gasteiger partial charge in [0, 0.05) is 11.3 Å². The van der Waals surface area contributed by atoms with Crippen molar-refractivity contribution in [2.75, 3.05) is 11.2 Å². The lowest BCUT2D eigenvalue weighted by molar-refractivity contribution is -0.111. The summed E-state index contributed by atoms with van der Waals surface area (Å²) in [6.45, 7) is 11.0. The van der Waals surface area contributed by atoms with Gasteiger partial charge in [0.25, 0.3) is 5.91 Å². The summed E-state index contributed by atoms with van der Waals surface area (Å²) in [5.74, 6) is -0.0128. The van der Waals surface area contributed by atoms with Crippen molar-refractivity contribution in [3.8, 4) is 0 Å². The van der Waals surface area contributed by atoms with Gasteiger partial charge in [-0.05, 0) is 18.9 Å². The van der Waals surface area contributed by atoms with Crippen LogP contribution in [0.5, 0.6) is 0 Å². The molecule has 0 atom stereocenters. The zero-order valence-corrected chi connectivity index (χ0v) is 14.6. The lowest BCUT2D eigenvalue weighted by atomic mass is 10.0. The molecule has 0 fully saturated rings. The maximum Gasteiger partial charge on any atom is 0.273 e. The second-order valence-corrected chi connectivity index (χ2v) is 11.0. The Labute approximate surface area is 127 Å². The summed E-state index contributed by atoms with van der Waals surface area (Å²) in [7, 11) is -1.83. The van der Waals surface area contributed by atoms with E-state index in [4.69, 9.17) is 4.84 Å². The summed E-state index contributed by atoms with van der Waals surface area (Å²) in [5, 5.41) is 4.08. The van der Waals surface area contributed by atoms with E-state index < -0.39 is 8.24 Å². The van der Waals surface area contributed by atoms with Crippen LogP contribution in [0, 0.1) is 0 Å². The molecule has 0 bridgehead atoms. The highest BCUT2D eigenvalue weighted by Crippen LogP contribution is 2.37. The highest BCUT2D eigenvalue weighted by molar-refractivity contribution is 6.87. The van der Waals surface area contributed by atoms with Crippen molar-refractivity contribution in [3.63, 3.8) is 0 Å². The van der Waals surface area contributed by atoms with Crippen LogP contribution in [0.15, 0.2) is 23.4 Å². The average Bonchev–Trinajstić information content (AvgIpc) is 2.69. The second kappa shape index (κ2) is 6.01. The Kier molecular flexibility index (Phi) is 4.51. The minimum atomic E-state index is -1.83. The predicted molar refractivity (Wildman–Crippen MR) is 89.4 cm³/mol. The van der Waals surface area contributed by atoms with Gasteiger partial charge in [-0.15, -0.1) is 0 Å². The Bertz CT molecular complexity index is 576. The third-order valence-corrected chi connectivity index (χ3v) is 5.25. The van der Waals surface area contributed by atoms with Gasteiger partial charge in [-0.25, -0.2) is 0 Å². The lowest BCUT2D eigenvalue weighted by Crippen LogP contribution is -2.49. The van der Waals surface area contributed by atoms with Crippen molar-refractivity contribution in [1.82, 2.24) is 0 Å². The monoisotopic (exact) mass is 304 g/mol. The number of amides is 1. The summed E-state index contributed by atoms with van der Waals surface area (Å²) in [6, 6.07) is 6.10. The van der Waals surface area contributed by atoms with E-state index in [1.54, 1.807) is 0 Å². The SMILES string of the molecule is CCCc1cccc2c1N([Si](C)(C)C)C(=O)/C2=N\OCC. The molecule has 0 saturated heterocycles. The predicted octanol–water partition coefficient (Wildman–Crippen LogP) is 3.56. The highest BCUT2D eigenvalue weighted by Gasteiger charge is 2.42.